The molecule has 0 aliphatic heterocycles. The third kappa shape index (κ3) is 3.09. The van der Waals surface area contributed by atoms with Crippen LogP contribution in [0.4, 0.5) is 0 Å². The Kier molecular flexibility index (Phi) is 3.99. The molecule has 18 heavy (non-hydrogen) atoms. The molecule has 1 heterocycles. The predicted molar refractivity (Wildman–Crippen MR) is 75.8 cm³/mol. The topological polar surface area (TPSA) is 48.1 Å². The highest BCUT2D eigenvalue weighted by atomic mass is 79.9. The summed E-state index contributed by atoms with van der Waals surface area (Å²) in [6, 6.07) is 9.60. The fraction of sp³-hybridized carbons (Fsp3) is 0.214. The van der Waals surface area contributed by atoms with Crippen LogP contribution in [0.5, 0.6) is 11.6 Å². The van der Waals surface area contributed by atoms with Crippen LogP contribution in [-0.4, -0.2) is 4.98 Å². The van der Waals surface area contributed by atoms with Crippen molar-refractivity contribution in [3.8, 4) is 11.6 Å². The fourth-order valence-corrected chi connectivity index (χ4v) is 2.08. The molecule has 1 aromatic carbocycles. The number of halogens is 1. The lowest BCUT2D eigenvalue weighted by atomic mass is 10.1. The van der Waals surface area contributed by atoms with E-state index >= 15 is 0 Å². The smallest absolute Gasteiger partial charge is 0.219 e. The summed E-state index contributed by atoms with van der Waals surface area (Å²) in [5.41, 5.74) is 7.90. The van der Waals surface area contributed by atoms with Gasteiger partial charge in [-0.3, -0.25) is 0 Å². The summed E-state index contributed by atoms with van der Waals surface area (Å²) in [5, 5.41) is 0. The predicted octanol–water partition coefficient (Wildman–Crippen LogP) is 3.96. The van der Waals surface area contributed by atoms with Crippen LogP contribution >= 0.6 is 15.9 Å². The molecule has 2 rings (SSSR count). The van der Waals surface area contributed by atoms with Crippen molar-refractivity contribution in [2.24, 2.45) is 5.73 Å². The summed E-state index contributed by atoms with van der Waals surface area (Å²) in [5.74, 6) is 1.36. The monoisotopic (exact) mass is 306 g/mol. The molecule has 4 heteroatoms. The van der Waals surface area contributed by atoms with Gasteiger partial charge in [0.05, 0.1) is 0 Å². The number of hydrogen-bond donors (Lipinski definition) is 1. The van der Waals surface area contributed by atoms with E-state index in [4.69, 9.17) is 10.5 Å². The lowest BCUT2D eigenvalue weighted by molar-refractivity contribution is 0.458. The maximum atomic E-state index is 5.84. The van der Waals surface area contributed by atoms with Crippen LogP contribution < -0.4 is 10.5 Å². The summed E-state index contributed by atoms with van der Waals surface area (Å²) >= 11 is 3.42. The second kappa shape index (κ2) is 5.50. The Morgan fingerprint density at radius 1 is 1.28 bits per heavy atom. The Labute approximate surface area is 115 Å². The van der Waals surface area contributed by atoms with Gasteiger partial charge in [0.15, 0.2) is 0 Å². The lowest BCUT2D eigenvalue weighted by Gasteiger charge is -2.10. The molecule has 0 unspecified atom stereocenters. The first kappa shape index (κ1) is 13.1. The quantitative estimate of drug-likeness (QED) is 0.933. The minimum Gasteiger partial charge on any atom is -0.439 e. The Bertz CT molecular complexity index is 555. The molecule has 0 amide bonds. The summed E-state index contributed by atoms with van der Waals surface area (Å²) in [6.45, 7) is 3.93. The highest BCUT2D eigenvalue weighted by molar-refractivity contribution is 9.10. The van der Waals surface area contributed by atoms with Gasteiger partial charge in [-0.05, 0) is 49.2 Å². The fourth-order valence-electron chi connectivity index (χ4n) is 1.60. The average Bonchev–Trinajstić information content (AvgIpc) is 2.33. The van der Waals surface area contributed by atoms with E-state index < -0.39 is 0 Å². The van der Waals surface area contributed by atoms with Crippen molar-refractivity contribution >= 4 is 15.9 Å². The Morgan fingerprint density at radius 2 is 2.06 bits per heavy atom. The van der Waals surface area contributed by atoms with Gasteiger partial charge in [0.1, 0.15) is 5.75 Å². The summed E-state index contributed by atoms with van der Waals surface area (Å²) in [6.07, 6.45) is 1.71. The van der Waals surface area contributed by atoms with Crippen LogP contribution in [0.2, 0.25) is 0 Å². The highest BCUT2D eigenvalue weighted by Crippen LogP contribution is 2.27. The molecule has 2 N–H and O–H groups in total. The maximum Gasteiger partial charge on any atom is 0.219 e. The van der Waals surface area contributed by atoms with E-state index in [1.54, 1.807) is 6.20 Å². The summed E-state index contributed by atoms with van der Waals surface area (Å²) < 4.78 is 6.80. The van der Waals surface area contributed by atoms with E-state index in [1.165, 1.54) is 0 Å². The molecular formula is C14H15BrN2O. The van der Waals surface area contributed by atoms with Crippen molar-refractivity contribution in [2.75, 3.05) is 0 Å². The summed E-state index contributed by atoms with van der Waals surface area (Å²) in [4.78, 5) is 4.19. The van der Waals surface area contributed by atoms with Crippen molar-refractivity contribution in [3.05, 3.63) is 52.1 Å². The van der Waals surface area contributed by atoms with Crippen molar-refractivity contribution < 1.29 is 4.74 Å². The van der Waals surface area contributed by atoms with Gasteiger partial charge in [-0.15, -0.1) is 0 Å². The van der Waals surface area contributed by atoms with Gasteiger partial charge in [0.25, 0.3) is 0 Å². The number of rotatable bonds is 3. The normalized spacial score (nSPS) is 12.2. The van der Waals surface area contributed by atoms with Gasteiger partial charge in [-0.2, -0.15) is 0 Å². The van der Waals surface area contributed by atoms with E-state index in [2.05, 4.69) is 20.9 Å². The Hall–Kier alpha value is -1.39. The average molecular weight is 307 g/mol. The highest BCUT2D eigenvalue weighted by Gasteiger charge is 2.05. The number of nitrogens with zero attached hydrogens (tertiary/aromatic N) is 1. The number of ether oxygens (including phenoxy) is 1. The number of aromatic nitrogens is 1. The zero-order valence-electron chi connectivity index (χ0n) is 10.4. The first-order valence-electron chi connectivity index (χ1n) is 5.72. The van der Waals surface area contributed by atoms with Crippen molar-refractivity contribution in [3.63, 3.8) is 0 Å². The van der Waals surface area contributed by atoms with E-state index in [9.17, 15) is 0 Å². The van der Waals surface area contributed by atoms with Gasteiger partial charge in [0, 0.05) is 22.8 Å². The van der Waals surface area contributed by atoms with Crippen LogP contribution in [-0.2, 0) is 0 Å². The zero-order valence-corrected chi connectivity index (χ0v) is 11.9. The molecular weight excluding hydrogens is 292 g/mol. The van der Waals surface area contributed by atoms with Crippen LogP contribution in [0, 0.1) is 6.92 Å². The molecule has 0 spiro atoms. The Morgan fingerprint density at radius 3 is 2.72 bits per heavy atom. The number of aryl methyl sites for hydroxylation is 1. The van der Waals surface area contributed by atoms with Crippen LogP contribution in [0.3, 0.4) is 0 Å². The van der Waals surface area contributed by atoms with E-state index in [-0.39, 0.29) is 6.04 Å². The molecule has 0 saturated carbocycles. The Balaban J connectivity index is 2.25. The molecule has 3 nitrogen and oxygen atoms in total. The van der Waals surface area contributed by atoms with Gasteiger partial charge >= 0.3 is 0 Å². The molecule has 0 saturated heterocycles. The molecule has 0 radical (unpaired) electrons. The minimum atomic E-state index is -0.0265. The van der Waals surface area contributed by atoms with Gasteiger partial charge in [-0.1, -0.05) is 15.9 Å². The summed E-state index contributed by atoms with van der Waals surface area (Å²) in [7, 11) is 0. The van der Waals surface area contributed by atoms with Crippen molar-refractivity contribution in [2.45, 2.75) is 19.9 Å². The molecule has 0 aliphatic rings. The van der Waals surface area contributed by atoms with Crippen LogP contribution in [0.25, 0.3) is 0 Å². The van der Waals surface area contributed by atoms with E-state index in [0.717, 1.165) is 21.3 Å². The van der Waals surface area contributed by atoms with E-state index in [0.29, 0.717) is 5.88 Å². The van der Waals surface area contributed by atoms with Gasteiger partial charge < -0.3 is 10.5 Å². The maximum absolute atomic E-state index is 5.84. The first-order valence-corrected chi connectivity index (χ1v) is 6.51. The SMILES string of the molecule is Cc1cc(Br)ccc1Oc1cc([C@H](C)N)ccn1. The molecule has 1 atom stereocenters. The molecule has 0 bridgehead atoms. The first-order chi connectivity index (χ1) is 8.56. The van der Waals surface area contributed by atoms with E-state index in [1.807, 2.05) is 44.2 Å². The minimum absolute atomic E-state index is 0.0265. The van der Waals surface area contributed by atoms with Crippen LogP contribution in [0.1, 0.15) is 24.1 Å². The lowest BCUT2D eigenvalue weighted by Crippen LogP contribution is -2.05. The number of pyridine rings is 1. The second-order valence-corrected chi connectivity index (χ2v) is 5.14. The number of nitrogens with two attached hydrogens (primary N) is 1. The largest absolute Gasteiger partial charge is 0.439 e. The number of hydrogen-bond acceptors (Lipinski definition) is 3. The molecule has 1 aromatic heterocycles. The molecule has 0 fully saturated rings. The molecule has 94 valence electrons. The second-order valence-electron chi connectivity index (χ2n) is 4.23. The third-order valence-corrected chi connectivity index (χ3v) is 3.13. The van der Waals surface area contributed by atoms with Crippen molar-refractivity contribution in [1.29, 1.82) is 0 Å². The van der Waals surface area contributed by atoms with Gasteiger partial charge in [0.2, 0.25) is 5.88 Å². The van der Waals surface area contributed by atoms with Crippen molar-refractivity contribution in [1.82, 2.24) is 4.98 Å². The van der Waals surface area contributed by atoms with Gasteiger partial charge in [-0.25, -0.2) is 4.98 Å². The molecule has 2 aromatic rings. The zero-order chi connectivity index (χ0) is 13.1. The third-order valence-electron chi connectivity index (χ3n) is 2.64. The standard InChI is InChI=1S/C14H15BrN2O/c1-9-7-12(15)3-4-13(9)18-14-8-11(10(2)16)5-6-17-14/h3-8,10H,16H2,1-2H3/t10-/m0/s1. The van der Waals surface area contributed by atoms with Crippen LogP contribution in [0.15, 0.2) is 41.0 Å². The number of benzene rings is 1. The molecule has 0 aliphatic carbocycles.